The molecule has 0 aliphatic heterocycles. The van der Waals surface area contributed by atoms with Crippen LogP contribution in [0.15, 0.2) is 36.4 Å². The second-order valence-corrected chi connectivity index (χ2v) is 7.46. The summed E-state index contributed by atoms with van der Waals surface area (Å²) in [6.07, 6.45) is 0. The van der Waals surface area contributed by atoms with Crippen molar-refractivity contribution >= 4 is 0 Å². The van der Waals surface area contributed by atoms with Crippen LogP contribution in [-0.2, 0) is 0 Å². The first-order valence-corrected chi connectivity index (χ1v) is 8.01. The number of hydrogen-bond donors (Lipinski definition) is 0. The summed E-state index contributed by atoms with van der Waals surface area (Å²) < 4.78 is 3.10. The summed E-state index contributed by atoms with van der Waals surface area (Å²) in [5.41, 5.74) is 5.60. The van der Waals surface area contributed by atoms with Crippen molar-refractivity contribution in [2.75, 3.05) is 0 Å². The summed E-state index contributed by atoms with van der Waals surface area (Å²) >= 11 is -0.0443. The highest BCUT2D eigenvalue weighted by Gasteiger charge is 2.20. The maximum Gasteiger partial charge on any atom is 0.358 e. The topological polar surface area (TPSA) is 0 Å². The van der Waals surface area contributed by atoms with Crippen molar-refractivity contribution in [2.45, 2.75) is 27.7 Å². The van der Waals surface area contributed by atoms with Crippen LogP contribution in [0.1, 0.15) is 22.3 Å². The third-order valence-corrected chi connectivity index (χ3v) is 6.38. The fraction of sp³-hybridized carbons (Fsp3) is 0.250. The Morgan fingerprint density at radius 3 is 2.00 bits per heavy atom. The molecule has 2 aromatic carbocycles. The summed E-state index contributed by atoms with van der Waals surface area (Å²) in [5, 5.41) is 0. The first kappa shape index (κ1) is 12.6. The van der Waals surface area contributed by atoms with Crippen molar-refractivity contribution in [3.63, 3.8) is 0 Å². The van der Waals surface area contributed by atoms with Gasteiger partial charge in [-0.05, 0) is 45.4 Å². The molecule has 0 aliphatic rings. The fourth-order valence-corrected chi connectivity index (χ4v) is 4.63. The summed E-state index contributed by atoms with van der Waals surface area (Å²) in [4.78, 5) is 0. The predicted molar refractivity (Wildman–Crippen MR) is 69.2 cm³/mol. The normalized spacial score (nSPS) is 10.6. The van der Waals surface area contributed by atoms with Gasteiger partial charge in [0.25, 0.3) is 0 Å². The quantitative estimate of drug-likeness (QED) is 0.719. The minimum Gasteiger partial charge on any atom is -0.0587 e. The molecule has 0 saturated carbocycles. The predicted octanol–water partition coefficient (Wildman–Crippen LogP) is 1.05. The van der Waals surface area contributed by atoms with Crippen molar-refractivity contribution in [2.24, 2.45) is 0 Å². The van der Waals surface area contributed by atoms with Crippen LogP contribution in [0.5, 0.6) is 0 Å². The van der Waals surface area contributed by atoms with Gasteiger partial charge in [-0.15, -0.1) is 0 Å². The summed E-state index contributed by atoms with van der Waals surface area (Å²) in [7, 11) is 0. The largest absolute Gasteiger partial charge is 0.358 e. The Morgan fingerprint density at radius 2 is 1.29 bits per heavy atom. The van der Waals surface area contributed by atoms with Gasteiger partial charge in [0.15, 0.2) is 7.14 Å². The fourth-order valence-electron chi connectivity index (χ4n) is 1.81. The lowest BCUT2D eigenvalue weighted by Crippen LogP contribution is -3.62. The molecule has 0 aliphatic carbocycles. The van der Waals surface area contributed by atoms with Crippen LogP contribution < -0.4 is 21.2 Å². The highest BCUT2D eigenvalue weighted by atomic mass is 127. The van der Waals surface area contributed by atoms with Gasteiger partial charge in [0, 0.05) is 11.1 Å². The Hall–Kier alpha value is -0.830. The summed E-state index contributed by atoms with van der Waals surface area (Å²) in [6.45, 7) is 8.78. The van der Waals surface area contributed by atoms with Crippen LogP contribution in [0.3, 0.4) is 0 Å². The molecule has 0 spiro atoms. The van der Waals surface area contributed by atoms with E-state index < -0.39 is 0 Å². The summed E-state index contributed by atoms with van der Waals surface area (Å²) in [5.74, 6) is 0. The number of halogens is 1. The van der Waals surface area contributed by atoms with Gasteiger partial charge in [0.2, 0.25) is 0 Å². The van der Waals surface area contributed by atoms with Gasteiger partial charge in [-0.3, -0.25) is 0 Å². The van der Waals surface area contributed by atoms with Gasteiger partial charge in [-0.1, -0.05) is 29.8 Å². The van der Waals surface area contributed by atoms with Crippen LogP contribution >= 0.6 is 0 Å². The lowest BCUT2D eigenvalue weighted by molar-refractivity contribution is -0.598. The van der Waals surface area contributed by atoms with Crippen LogP contribution in [0.25, 0.3) is 0 Å². The number of aryl methyl sites for hydroxylation is 4. The molecule has 0 heterocycles. The van der Waals surface area contributed by atoms with Crippen LogP contribution in [0.4, 0.5) is 0 Å². The van der Waals surface area contributed by atoms with E-state index in [0.717, 1.165) is 0 Å². The van der Waals surface area contributed by atoms with E-state index in [4.69, 9.17) is 0 Å². The molecule has 1 heteroatoms. The third kappa shape index (κ3) is 3.09. The van der Waals surface area contributed by atoms with Gasteiger partial charge >= 0.3 is 21.2 Å². The van der Waals surface area contributed by atoms with Gasteiger partial charge in [0.05, 0.1) is 0 Å². The van der Waals surface area contributed by atoms with Crippen molar-refractivity contribution in [3.05, 3.63) is 65.8 Å². The van der Waals surface area contributed by atoms with E-state index in [9.17, 15) is 0 Å². The first-order chi connectivity index (χ1) is 8.06. The molecule has 0 atom stereocenters. The van der Waals surface area contributed by atoms with Gasteiger partial charge in [-0.2, -0.15) is 0 Å². The molecule has 0 aromatic heterocycles. The molecule has 2 rings (SSSR count). The van der Waals surface area contributed by atoms with E-state index in [0.29, 0.717) is 0 Å². The van der Waals surface area contributed by atoms with Crippen LogP contribution in [-0.4, -0.2) is 0 Å². The number of benzene rings is 2. The minimum atomic E-state index is -0.0443. The standard InChI is InChI=1S/C16H18I/c1-11-6-8-15(14(4)9-11)17-16-10-12(2)5-7-13(16)3/h5-10H,1-4H3/q+1. The average Bonchev–Trinajstić information content (AvgIpc) is 2.27. The SMILES string of the molecule is Cc1ccc([I+]c2cc(C)ccc2C)c(C)c1. The van der Waals surface area contributed by atoms with E-state index in [2.05, 4.69) is 64.1 Å². The molecule has 0 radical (unpaired) electrons. The minimum absolute atomic E-state index is 0.0443. The van der Waals surface area contributed by atoms with E-state index in [1.165, 1.54) is 22.3 Å². The molecule has 0 unspecified atom stereocenters. The summed E-state index contributed by atoms with van der Waals surface area (Å²) in [6, 6.07) is 13.6. The van der Waals surface area contributed by atoms with Crippen molar-refractivity contribution in [1.29, 1.82) is 0 Å². The molecule has 88 valence electrons. The number of rotatable bonds is 2. The Labute approximate surface area is 114 Å². The van der Waals surface area contributed by atoms with Gasteiger partial charge in [0.1, 0.15) is 0 Å². The molecule has 0 amide bonds. The maximum absolute atomic E-state index is 2.35. The van der Waals surface area contributed by atoms with E-state index in [1.54, 1.807) is 7.14 Å². The Morgan fingerprint density at radius 1 is 0.647 bits per heavy atom. The van der Waals surface area contributed by atoms with Crippen LogP contribution in [0.2, 0.25) is 0 Å². The lowest BCUT2D eigenvalue weighted by atomic mass is 10.2. The second kappa shape index (κ2) is 5.21. The highest BCUT2D eigenvalue weighted by molar-refractivity contribution is 5.22. The molecule has 0 bridgehead atoms. The average molecular weight is 337 g/mol. The molecule has 0 N–H and O–H groups in total. The zero-order valence-electron chi connectivity index (χ0n) is 10.8. The highest BCUT2D eigenvalue weighted by Crippen LogP contribution is 2.03. The Balaban J connectivity index is 2.34. The molecular formula is C16H18I+. The smallest absolute Gasteiger partial charge is 0.0587 e. The van der Waals surface area contributed by atoms with Crippen molar-refractivity contribution < 1.29 is 21.2 Å². The molecular weight excluding hydrogens is 319 g/mol. The monoisotopic (exact) mass is 337 g/mol. The first-order valence-electron chi connectivity index (χ1n) is 5.85. The van der Waals surface area contributed by atoms with Crippen molar-refractivity contribution in [1.82, 2.24) is 0 Å². The Kier molecular flexibility index (Phi) is 3.87. The third-order valence-electron chi connectivity index (χ3n) is 2.84. The van der Waals surface area contributed by atoms with Crippen molar-refractivity contribution in [3.8, 4) is 0 Å². The molecule has 0 nitrogen and oxygen atoms in total. The number of hydrogen-bond acceptors (Lipinski definition) is 0. The van der Waals surface area contributed by atoms with E-state index in [-0.39, 0.29) is 21.2 Å². The van der Waals surface area contributed by atoms with Crippen LogP contribution in [0, 0.1) is 34.8 Å². The molecule has 17 heavy (non-hydrogen) atoms. The maximum atomic E-state index is 2.35. The van der Waals surface area contributed by atoms with E-state index >= 15 is 0 Å². The molecule has 0 fully saturated rings. The Bertz CT molecular complexity index is 541. The molecule has 0 saturated heterocycles. The van der Waals surface area contributed by atoms with Gasteiger partial charge in [-0.25, -0.2) is 0 Å². The second-order valence-electron chi connectivity index (χ2n) is 4.60. The molecule has 2 aromatic rings. The zero-order chi connectivity index (χ0) is 12.4. The zero-order valence-corrected chi connectivity index (χ0v) is 13.0. The van der Waals surface area contributed by atoms with E-state index in [1.807, 2.05) is 0 Å². The lowest BCUT2D eigenvalue weighted by Gasteiger charge is -1.98. The van der Waals surface area contributed by atoms with Gasteiger partial charge < -0.3 is 0 Å².